The largest absolute Gasteiger partial charge is 0.478 e. The SMILES string of the molecule is CCCCS(=O)(=O)Nc1ccc(C)c(C=CC(=O)O)c1. The molecule has 1 aromatic carbocycles. The van der Waals surface area contributed by atoms with E-state index in [-0.39, 0.29) is 5.75 Å². The molecule has 0 bridgehead atoms. The lowest BCUT2D eigenvalue weighted by atomic mass is 10.1. The summed E-state index contributed by atoms with van der Waals surface area (Å²) in [7, 11) is -3.35. The van der Waals surface area contributed by atoms with E-state index in [4.69, 9.17) is 5.11 Å². The molecule has 0 radical (unpaired) electrons. The van der Waals surface area contributed by atoms with E-state index in [1.807, 2.05) is 13.8 Å². The van der Waals surface area contributed by atoms with Gasteiger partial charge in [0.25, 0.3) is 0 Å². The fraction of sp³-hybridized carbons (Fsp3) is 0.357. The Morgan fingerprint density at radius 1 is 1.40 bits per heavy atom. The van der Waals surface area contributed by atoms with Crippen molar-refractivity contribution in [1.29, 1.82) is 0 Å². The Bertz CT molecular complexity index is 606. The zero-order chi connectivity index (χ0) is 15.2. The van der Waals surface area contributed by atoms with E-state index in [0.29, 0.717) is 17.7 Å². The summed E-state index contributed by atoms with van der Waals surface area (Å²) in [5, 5.41) is 8.62. The van der Waals surface area contributed by atoms with E-state index in [2.05, 4.69) is 4.72 Å². The second-order valence-corrected chi connectivity index (χ2v) is 6.36. The predicted molar refractivity (Wildman–Crippen MR) is 80.2 cm³/mol. The number of hydrogen-bond acceptors (Lipinski definition) is 3. The summed E-state index contributed by atoms with van der Waals surface area (Å²) in [6.45, 7) is 3.76. The maximum atomic E-state index is 11.8. The number of nitrogens with one attached hydrogen (secondary N) is 1. The van der Waals surface area contributed by atoms with Crippen LogP contribution >= 0.6 is 0 Å². The molecule has 110 valence electrons. The Labute approximate surface area is 119 Å². The zero-order valence-corrected chi connectivity index (χ0v) is 12.4. The minimum absolute atomic E-state index is 0.0810. The standard InChI is InChI=1S/C14H19NO4S/c1-3-4-9-20(18,19)15-13-7-5-11(2)12(10-13)6-8-14(16)17/h5-8,10,15H,3-4,9H2,1-2H3,(H,16,17). The molecule has 2 N–H and O–H groups in total. The minimum Gasteiger partial charge on any atom is -0.478 e. The third-order valence-corrected chi connectivity index (χ3v) is 4.10. The van der Waals surface area contributed by atoms with E-state index in [9.17, 15) is 13.2 Å². The first-order valence-corrected chi connectivity index (χ1v) is 8.01. The molecule has 0 unspecified atom stereocenters. The first kappa shape index (κ1) is 16.2. The van der Waals surface area contributed by atoms with Crippen LogP contribution in [-0.4, -0.2) is 25.2 Å². The molecule has 0 amide bonds. The fourth-order valence-electron chi connectivity index (χ4n) is 1.61. The van der Waals surface area contributed by atoms with Gasteiger partial charge in [0, 0.05) is 11.8 Å². The Morgan fingerprint density at radius 3 is 2.70 bits per heavy atom. The summed E-state index contributed by atoms with van der Waals surface area (Å²) in [5.41, 5.74) is 1.99. The molecule has 1 aromatic rings. The predicted octanol–water partition coefficient (Wildman–Crippen LogP) is 2.63. The average molecular weight is 297 g/mol. The summed E-state index contributed by atoms with van der Waals surface area (Å²) in [6.07, 6.45) is 3.88. The lowest BCUT2D eigenvalue weighted by Crippen LogP contribution is -2.16. The molecule has 20 heavy (non-hydrogen) atoms. The summed E-state index contributed by atoms with van der Waals surface area (Å²) in [6, 6.07) is 5.04. The Hall–Kier alpha value is -1.82. The number of anilines is 1. The summed E-state index contributed by atoms with van der Waals surface area (Å²) in [4.78, 5) is 10.5. The monoisotopic (exact) mass is 297 g/mol. The second kappa shape index (κ2) is 7.09. The first-order valence-electron chi connectivity index (χ1n) is 6.36. The van der Waals surface area contributed by atoms with E-state index in [1.54, 1.807) is 18.2 Å². The number of rotatable bonds is 7. The van der Waals surface area contributed by atoms with Gasteiger partial charge in [0.05, 0.1) is 5.75 Å². The maximum absolute atomic E-state index is 11.8. The topological polar surface area (TPSA) is 83.5 Å². The van der Waals surface area contributed by atoms with Gasteiger partial charge in [-0.3, -0.25) is 4.72 Å². The van der Waals surface area contributed by atoms with Crippen LogP contribution < -0.4 is 4.72 Å². The van der Waals surface area contributed by atoms with E-state index in [0.717, 1.165) is 18.1 Å². The van der Waals surface area contributed by atoms with Crippen LogP contribution in [0.2, 0.25) is 0 Å². The van der Waals surface area contributed by atoms with Gasteiger partial charge in [-0.05, 0) is 42.7 Å². The van der Waals surface area contributed by atoms with Crippen LogP contribution in [0.25, 0.3) is 6.08 Å². The summed E-state index contributed by atoms with van der Waals surface area (Å²) in [5.74, 6) is -0.962. The van der Waals surface area contributed by atoms with Gasteiger partial charge >= 0.3 is 5.97 Å². The molecule has 0 aliphatic rings. The molecule has 0 saturated carbocycles. The molecular formula is C14H19NO4S. The average Bonchev–Trinajstić information content (AvgIpc) is 2.36. The number of hydrogen-bond donors (Lipinski definition) is 2. The smallest absolute Gasteiger partial charge is 0.328 e. The molecule has 6 heteroatoms. The van der Waals surface area contributed by atoms with Crippen molar-refractivity contribution < 1.29 is 18.3 Å². The molecule has 0 aliphatic carbocycles. The number of aryl methyl sites for hydroxylation is 1. The van der Waals surface area contributed by atoms with Crippen LogP contribution in [0.15, 0.2) is 24.3 Å². The highest BCUT2D eigenvalue weighted by atomic mass is 32.2. The van der Waals surface area contributed by atoms with E-state index >= 15 is 0 Å². The molecule has 0 heterocycles. The number of unbranched alkanes of at least 4 members (excludes halogenated alkanes) is 1. The zero-order valence-electron chi connectivity index (χ0n) is 11.6. The van der Waals surface area contributed by atoms with Gasteiger partial charge in [-0.15, -0.1) is 0 Å². The molecule has 0 aliphatic heterocycles. The molecule has 1 rings (SSSR count). The number of aliphatic carboxylic acids is 1. The van der Waals surface area contributed by atoms with Crippen LogP contribution in [0.5, 0.6) is 0 Å². The fourth-order valence-corrected chi connectivity index (χ4v) is 2.87. The van der Waals surface area contributed by atoms with Crippen LogP contribution in [0.1, 0.15) is 30.9 Å². The van der Waals surface area contributed by atoms with Crippen molar-refractivity contribution in [2.45, 2.75) is 26.7 Å². The quantitative estimate of drug-likeness (QED) is 0.758. The highest BCUT2D eigenvalue weighted by molar-refractivity contribution is 7.92. The Kier molecular flexibility index (Phi) is 5.76. The number of carboxylic acids is 1. The number of benzene rings is 1. The highest BCUT2D eigenvalue weighted by Crippen LogP contribution is 2.18. The van der Waals surface area contributed by atoms with E-state index < -0.39 is 16.0 Å². The molecular weight excluding hydrogens is 278 g/mol. The third-order valence-electron chi connectivity index (χ3n) is 2.72. The van der Waals surface area contributed by atoms with Crippen molar-refractivity contribution >= 4 is 27.8 Å². The lowest BCUT2D eigenvalue weighted by molar-refractivity contribution is -0.131. The van der Waals surface area contributed by atoms with Crippen molar-refractivity contribution in [3.05, 3.63) is 35.4 Å². The van der Waals surface area contributed by atoms with Crippen LogP contribution in [0.4, 0.5) is 5.69 Å². The van der Waals surface area contributed by atoms with Crippen molar-refractivity contribution in [1.82, 2.24) is 0 Å². The second-order valence-electron chi connectivity index (χ2n) is 4.52. The van der Waals surface area contributed by atoms with Gasteiger partial charge in [-0.1, -0.05) is 19.4 Å². The molecule has 0 atom stereocenters. The van der Waals surface area contributed by atoms with Gasteiger partial charge in [-0.25, -0.2) is 13.2 Å². The van der Waals surface area contributed by atoms with Crippen LogP contribution in [-0.2, 0) is 14.8 Å². The van der Waals surface area contributed by atoms with Crippen molar-refractivity contribution in [3.63, 3.8) is 0 Å². The Morgan fingerprint density at radius 2 is 2.10 bits per heavy atom. The van der Waals surface area contributed by atoms with Crippen LogP contribution in [0, 0.1) is 6.92 Å². The maximum Gasteiger partial charge on any atom is 0.328 e. The van der Waals surface area contributed by atoms with Crippen molar-refractivity contribution in [2.24, 2.45) is 0 Å². The molecule has 0 saturated heterocycles. The van der Waals surface area contributed by atoms with Gasteiger partial charge in [0.2, 0.25) is 10.0 Å². The highest BCUT2D eigenvalue weighted by Gasteiger charge is 2.10. The number of sulfonamides is 1. The summed E-state index contributed by atoms with van der Waals surface area (Å²) < 4.78 is 26.1. The first-order chi connectivity index (χ1) is 9.34. The lowest BCUT2D eigenvalue weighted by Gasteiger charge is -2.09. The van der Waals surface area contributed by atoms with Gasteiger partial charge in [0.1, 0.15) is 0 Å². The molecule has 0 fully saturated rings. The number of carbonyl (C=O) groups is 1. The van der Waals surface area contributed by atoms with Gasteiger partial charge < -0.3 is 5.11 Å². The normalized spacial score (nSPS) is 11.7. The van der Waals surface area contributed by atoms with Gasteiger partial charge in [0.15, 0.2) is 0 Å². The summed E-state index contributed by atoms with van der Waals surface area (Å²) >= 11 is 0. The Balaban J connectivity index is 2.93. The third kappa shape index (κ3) is 5.44. The molecule has 0 spiro atoms. The molecule has 0 aromatic heterocycles. The minimum atomic E-state index is -3.35. The van der Waals surface area contributed by atoms with Gasteiger partial charge in [-0.2, -0.15) is 0 Å². The number of carboxylic acid groups (broad SMARTS) is 1. The van der Waals surface area contributed by atoms with E-state index in [1.165, 1.54) is 6.08 Å². The van der Waals surface area contributed by atoms with Crippen molar-refractivity contribution in [3.8, 4) is 0 Å². The molecule has 5 nitrogen and oxygen atoms in total. The van der Waals surface area contributed by atoms with Crippen molar-refractivity contribution in [2.75, 3.05) is 10.5 Å². The van der Waals surface area contributed by atoms with Crippen LogP contribution in [0.3, 0.4) is 0 Å².